The van der Waals surface area contributed by atoms with Crippen LogP contribution in [0.4, 0.5) is 5.82 Å². The third kappa shape index (κ3) is 6.27. The Morgan fingerprint density at radius 3 is 2.68 bits per heavy atom. The molecule has 0 amide bonds. The van der Waals surface area contributed by atoms with Crippen molar-refractivity contribution in [3.8, 4) is 5.75 Å². The van der Waals surface area contributed by atoms with Crippen molar-refractivity contribution < 1.29 is 38.1 Å². The van der Waals surface area contributed by atoms with Gasteiger partial charge in [-0.15, -0.1) is 0 Å². The summed E-state index contributed by atoms with van der Waals surface area (Å²) in [6.45, 7) is 4.79. The molecule has 4 rings (SSSR count). The minimum absolute atomic E-state index is 0.125. The molecule has 0 bridgehead atoms. The van der Waals surface area contributed by atoms with E-state index in [0.29, 0.717) is 11.2 Å². The van der Waals surface area contributed by atoms with E-state index in [2.05, 4.69) is 20.2 Å². The lowest BCUT2D eigenvalue weighted by atomic mass is 9.92. The highest BCUT2D eigenvalue weighted by molar-refractivity contribution is 7.52. The number of hydrogen-bond acceptors (Lipinski definition) is 12. The van der Waals surface area contributed by atoms with Gasteiger partial charge in [-0.1, -0.05) is 32.0 Å². The van der Waals surface area contributed by atoms with E-state index in [1.807, 2.05) is 0 Å². The lowest BCUT2D eigenvalue weighted by Gasteiger charge is -2.28. The average Bonchev–Trinajstić information content (AvgIpc) is 3.48. The van der Waals surface area contributed by atoms with Crippen LogP contribution in [0.15, 0.2) is 53.8 Å². The van der Waals surface area contributed by atoms with Crippen LogP contribution >= 0.6 is 7.75 Å². The molecule has 0 spiro atoms. The van der Waals surface area contributed by atoms with Crippen LogP contribution in [0.2, 0.25) is 0 Å². The zero-order valence-electron chi connectivity index (χ0n) is 23.2. The molecule has 15 heteroatoms. The third-order valence-corrected chi connectivity index (χ3v) is 8.11. The number of para-hydroxylation sites is 1. The number of carbonyl (C=O) groups is 1. The Kier molecular flexibility index (Phi) is 9.42. The van der Waals surface area contributed by atoms with Gasteiger partial charge < -0.3 is 29.9 Å². The summed E-state index contributed by atoms with van der Waals surface area (Å²) in [4.78, 5) is 20.7. The topological polar surface area (TPSA) is 192 Å². The van der Waals surface area contributed by atoms with E-state index in [4.69, 9.17) is 24.3 Å². The van der Waals surface area contributed by atoms with Gasteiger partial charge in [-0.25, -0.2) is 14.1 Å². The second kappa shape index (κ2) is 12.6. The molecule has 0 radical (unpaired) electrons. The molecule has 5 N–H and O–H groups in total. The van der Waals surface area contributed by atoms with Crippen LogP contribution in [0, 0.1) is 5.92 Å². The van der Waals surface area contributed by atoms with Gasteiger partial charge in [0.25, 0.3) is 0 Å². The van der Waals surface area contributed by atoms with E-state index in [9.17, 15) is 19.6 Å². The molecule has 0 saturated carbocycles. The lowest BCUT2D eigenvalue weighted by Crippen LogP contribution is -2.43. The Hall–Kier alpha value is -3.39. The van der Waals surface area contributed by atoms with Gasteiger partial charge in [0.2, 0.25) is 0 Å². The summed E-state index contributed by atoms with van der Waals surface area (Å²) >= 11 is 0. The van der Waals surface area contributed by atoms with Crippen molar-refractivity contribution in [3.63, 3.8) is 0 Å². The number of aliphatic hydroxyl groups excluding tert-OH is 2. The van der Waals surface area contributed by atoms with Crippen molar-refractivity contribution in [1.82, 2.24) is 19.7 Å². The highest BCUT2D eigenvalue weighted by Gasteiger charge is 2.56. The first-order chi connectivity index (χ1) is 19.5. The molecule has 41 heavy (non-hydrogen) atoms. The molecule has 14 nitrogen and oxygen atoms in total. The summed E-state index contributed by atoms with van der Waals surface area (Å²) in [5, 5.41) is 29.2. The average molecular weight is 591 g/mol. The van der Waals surface area contributed by atoms with E-state index in [0.717, 1.165) is 0 Å². The second-order valence-electron chi connectivity index (χ2n) is 9.73. The zero-order valence-corrected chi connectivity index (χ0v) is 24.0. The summed E-state index contributed by atoms with van der Waals surface area (Å²) in [6.07, 6.45) is -1.65. The van der Waals surface area contributed by atoms with Crippen molar-refractivity contribution in [2.24, 2.45) is 10.9 Å². The van der Waals surface area contributed by atoms with Crippen molar-refractivity contribution in [2.45, 2.75) is 50.7 Å². The Bertz CT molecular complexity index is 1420. The lowest BCUT2D eigenvalue weighted by molar-refractivity contribution is -0.146. The van der Waals surface area contributed by atoms with Crippen molar-refractivity contribution in [3.05, 3.63) is 54.5 Å². The van der Waals surface area contributed by atoms with Gasteiger partial charge in [0.15, 0.2) is 11.4 Å². The number of esters is 1. The molecule has 1 saturated heterocycles. The number of anilines is 1. The molecule has 222 valence electrons. The van der Waals surface area contributed by atoms with E-state index >= 15 is 0 Å². The number of nitrogens with zero attached hydrogens (tertiary/aromatic N) is 4. The van der Waals surface area contributed by atoms with E-state index in [1.165, 1.54) is 24.1 Å². The highest BCUT2D eigenvalue weighted by atomic mass is 31.2. The quantitative estimate of drug-likeness (QED) is 0.136. The second-order valence-corrected chi connectivity index (χ2v) is 11.4. The number of ether oxygens (including phenoxy) is 2. The van der Waals surface area contributed by atoms with Crippen LogP contribution in [0.1, 0.15) is 26.5 Å². The van der Waals surface area contributed by atoms with Gasteiger partial charge in [0.1, 0.15) is 41.9 Å². The maximum Gasteiger partial charge on any atom is 0.459 e. The first kappa shape index (κ1) is 30.6. The number of nitrogen functional groups attached to an aromatic ring is 1. The number of hydrogen-bond donors (Lipinski definition) is 4. The summed E-state index contributed by atoms with van der Waals surface area (Å²) in [7, 11) is -2.80. The van der Waals surface area contributed by atoms with Crippen LogP contribution in [-0.2, 0) is 29.0 Å². The Balaban J connectivity index is 1.63. The van der Waals surface area contributed by atoms with Gasteiger partial charge in [-0.3, -0.25) is 14.3 Å². The Labute approximate surface area is 237 Å². The summed E-state index contributed by atoms with van der Waals surface area (Å²) < 4.78 is 38.3. The monoisotopic (exact) mass is 590 g/mol. The number of aliphatic imine (C=N–C) groups is 1. The SMILES string of the molecule is CCOC(=O)[C@@H](NP(=O)(OC[C@H]1O[C@@](C=NC)(c2ccc3c(N)ncnn23)[C@H](O)[C@@H]1O)Oc1ccccc1)C(C)C. The van der Waals surface area contributed by atoms with E-state index in [1.54, 1.807) is 63.2 Å². The fourth-order valence-electron chi connectivity index (χ4n) is 4.56. The fourth-order valence-corrected chi connectivity index (χ4v) is 6.23. The molecule has 1 aliphatic rings. The number of aliphatic hydroxyl groups is 2. The first-order valence-electron chi connectivity index (χ1n) is 13.0. The van der Waals surface area contributed by atoms with Crippen LogP contribution in [0.3, 0.4) is 0 Å². The molecule has 1 unspecified atom stereocenters. The number of rotatable bonds is 12. The van der Waals surface area contributed by atoms with E-state index in [-0.39, 0.29) is 24.1 Å². The third-order valence-electron chi connectivity index (χ3n) is 6.58. The maximum atomic E-state index is 14.1. The fraction of sp³-hybridized carbons (Fsp3) is 0.462. The van der Waals surface area contributed by atoms with Gasteiger partial charge in [-0.05, 0) is 37.1 Å². The summed E-state index contributed by atoms with van der Waals surface area (Å²) in [5.74, 6) is -0.553. The van der Waals surface area contributed by atoms with Gasteiger partial charge in [0, 0.05) is 13.3 Å². The van der Waals surface area contributed by atoms with Crippen molar-refractivity contribution >= 4 is 31.3 Å². The number of nitrogens with one attached hydrogen (secondary N) is 1. The molecular formula is C26H35N6O8P. The summed E-state index contributed by atoms with van der Waals surface area (Å²) in [5.41, 5.74) is 5.09. The van der Waals surface area contributed by atoms with Gasteiger partial charge in [0.05, 0.1) is 18.9 Å². The summed E-state index contributed by atoms with van der Waals surface area (Å²) in [6, 6.07) is 10.5. The number of carbonyl (C=O) groups excluding carboxylic acids is 1. The van der Waals surface area contributed by atoms with Gasteiger partial charge in [-0.2, -0.15) is 10.2 Å². The standard InChI is InChI=1S/C26H35N6O8P/c1-5-37-25(35)21(16(2)3)31-41(36,40-17-9-7-6-8-10-17)38-13-19-22(33)23(34)26(39-19,14-28-4)20-12-11-18-24(27)29-15-30-32(18)20/h6-12,14-16,19,21-23,33-34H,5,13H2,1-4H3,(H,31,36)(H2,27,29,30)/t19-,21+,22-,23-,26+,41?/m1/s1. The smallest absolute Gasteiger partial charge is 0.459 e. The predicted molar refractivity (Wildman–Crippen MR) is 149 cm³/mol. The zero-order chi connectivity index (χ0) is 29.8. The van der Waals surface area contributed by atoms with Crippen molar-refractivity contribution in [2.75, 3.05) is 26.0 Å². The normalized spacial score (nSPS) is 25.0. The van der Waals surface area contributed by atoms with Crippen molar-refractivity contribution in [1.29, 1.82) is 0 Å². The molecule has 6 atom stereocenters. The molecule has 1 fully saturated rings. The number of aromatic nitrogens is 3. The molecule has 1 aromatic carbocycles. The number of fused-ring (bicyclic) bond motifs is 1. The minimum Gasteiger partial charge on any atom is -0.465 e. The Morgan fingerprint density at radius 2 is 2.02 bits per heavy atom. The number of benzene rings is 1. The van der Waals surface area contributed by atoms with E-state index < -0.39 is 50.3 Å². The maximum absolute atomic E-state index is 14.1. The van der Waals surface area contributed by atoms with Crippen LogP contribution in [0.5, 0.6) is 5.75 Å². The highest BCUT2D eigenvalue weighted by Crippen LogP contribution is 2.47. The first-order valence-corrected chi connectivity index (χ1v) is 14.6. The molecule has 0 aliphatic carbocycles. The van der Waals surface area contributed by atoms with Crippen LogP contribution < -0.4 is 15.3 Å². The number of nitrogens with two attached hydrogens (primary N) is 1. The minimum atomic E-state index is -4.29. The predicted octanol–water partition coefficient (Wildman–Crippen LogP) is 1.71. The molecule has 1 aliphatic heterocycles. The largest absolute Gasteiger partial charge is 0.465 e. The van der Waals surface area contributed by atoms with Crippen LogP contribution in [0.25, 0.3) is 5.52 Å². The molecular weight excluding hydrogens is 555 g/mol. The molecule has 3 heterocycles. The van der Waals surface area contributed by atoms with Crippen LogP contribution in [-0.4, -0.2) is 81.6 Å². The molecule has 3 aromatic rings. The Morgan fingerprint density at radius 1 is 1.29 bits per heavy atom. The van der Waals surface area contributed by atoms with Gasteiger partial charge >= 0.3 is 13.7 Å². The molecule has 2 aromatic heterocycles.